The molecule has 4 rings (SSSR count). The molecule has 2 aromatic carbocycles. The van der Waals surface area contributed by atoms with E-state index in [1.807, 2.05) is 19.1 Å². The number of anilines is 1. The van der Waals surface area contributed by atoms with Gasteiger partial charge in [-0.25, -0.2) is 9.97 Å². The van der Waals surface area contributed by atoms with Gasteiger partial charge in [-0.2, -0.15) is 0 Å². The number of amides is 1. The summed E-state index contributed by atoms with van der Waals surface area (Å²) in [5, 5.41) is 5.13. The van der Waals surface area contributed by atoms with Crippen molar-refractivity contribution in [2.75, 3.05) is 18.2 Å². The van der Waals surface area contributed by atoms with Crippen LogP contribution in [-0.4, -0.2) is 33.7 Å². The molecule has 142 valence electrons. The summed E-state index contributed by atoms with van der Waals surface area (Å²) in [5.74, 6) is 0.568. The smallest absolute Gasteiger partial charge is 0.234 e. The number of nitrogens with zero attached hydrogens (tertiary/aromatic N) is 2. The lowest BCUT2D eigenvalue weighted by molar-refractivity contribution is -0.113. The first-order chi connectivity index (χ1) is 13.5. The highest BCUT2D eigenvalue weighted by Crippen LogP contribution is 2.31. The van der Waals surface area contributed by atoms with Crippen LogP contribution in [0.25, 0.3) is 21.9 Å². The van der Waals surface area contributed by atoms with Gasteiger partial charge in [0.05, 0.1) is 24.1 Å². The van der Waals surface area contributed by atoms with Crippen molar-refractivity contribution in [3.05, 3.63) is 53.3 Å². The van der Waals surface area contributed by atoms with Gasteiger partial charge in [-0.3, -0.25) is 4.79 Å². The van der Waals surface area contributed by atoms with Crippen LogP contribution in [-0.2, 0) is 4.79 Å². The zero-order chi connectivity index (χ0) is 19.7. The molecule has 8 heteroatoms. The summed E-state index contributed by atoms with van der Waals surface area (Å²) in [5.41, 5.74) is 4.39. The monoisotopic (exact) mass is 412 g/mol. The Hall–Kier alpha value is -2.77. The van der Waals surface area contributed by atoms with Gasteiger partial charge in [-0.15, -0.1) is 0 Å². The predicted octanol–water partition coefficient (Wildman–Crippen LogP) is 4.81. The lowest BCUT2D eigenvalue weighted by Gasteiger charge is -2.10. The second-order valence-electron chi connectivity index (χ2n) is 6.26. The summed E-state index contributed by atoms with van der Waals surface area (Å²) in [6, 6.07) is 11.2. The number of nitrogens with one attached hydrogen (secondary N) is 2. The van der Waals surface area contributed by atoms with E-state index in [4.69, 9.17) is 16.3 Å². The number of aryl methyl sites for hydroxylation is 1. The maximum atomic E-state index is 12.4. The van der Waals surface area contributed by atoms with E-state index in [-0.39, 0.29) is 11.7 Å². The number of thioether (sulfide) groups is 1. The minimum Gasteiger partial charge on any atom is -0.495 e. The number of carbonyl (C=O) groups is 1. The maximum absolute atomic E-state index is 12.4. The maximum Gasteiger partial charge on any atom is 0.234 e. The Kier molecular flexibility index (Phi) is 5.11. The van der Waals surface area contributed by atoms with E-state index >= 15 is 0 Å². The summed E-state index contributed by atoms with van der Waals surface area (Å²) in [6.07, 6.45) is 1.53. The first-order valence-electron chi connectivity index (χ1n) is 8.54. The Morgan fingerprint density at radius 3 is 2.93 bits per heavy atom. The van der Waals surface area contributed by atoms with Gasteiger partial charge in [-0.05, 0) is 37.3 Å². The Morgan fingerprint density at radius 2 is 2.11 bits per heavy atom. The molecule has 0 spiro atoms. The molecule has 0 aliphatic carbocycles. The Morgan fingerprint density at radius 1 is 1.25 bits per heavy atom. The summed E-state index contributed by atoms with van der Waals surface area (Å²) < 4.78 is 5.26. The first-order valence-corrected chi connectivity index (χ1v) is 9.91. The lowest BCUT2D eigenvalue weighted by atomic mass is 10.2. The van der Waals surface area contributed by atoms with Gasteiger partial charge in [0.2, 0.25) is 5.91 Å². The molecular weight excluding hydrogens is 396 g/mol. The number of fused-ring (bicyclic) bond motifs is 3. The molecule has 2 N–H and O–H groups in total. The van der Waals surface area contributed by atoms with Crippen molar-refractivity contribution in [1.82, 2.24) is 15.0 Å². The van der Waals surface area contributed by atoms with Gasteiger partial charge in [-0.1, -0.05) is 35.0 Å². The molecule has 0 saturated carbocycles. The topological polar surface area (TPSA) is 79.9 Å². The van der Waals surface area contributed by atoms with E-state index in [1.54, 1.807) is 25.3 Å². The van der Waals surface area contributed by atoms with Gasteiger partial charge >= 0.3 is 0 Å². The molecule has 0 unspecified atom stereocenters. The van der Waals surface area contributed by atoms with Gasteiger partial charge in [0.15, 0.2) is 0 Å². The van der Waals surface area contributed by atoms with Crippen LogP contribution in [0.1, 0.15) is 5.56 Å². The highest BCUT2D eigenvalue weighted by Gasteiger charge is 2.14. The number of rotatable bonds is 5. The summed E-state index contributed by atoms with van der Waals surface area (Å²) in [6.45, 7) is 2.05. The van der Waals surface area contributed by atoms with Gasteiger partial charge in [0, 0.05) is 15.9 Å². The number of methoxy groups -OCH3 is 1. The van der Waals surface area contributed by atoms with E-state index in [9.17, 15) is 4.79 Å². The average molecular weight is 413 g/mol. The van der Waals surface area contributed by atoms with Crippen molar-refractivity contribution in [1.29, 1.82) is 0 Å². The molecule has 0 fully saturated rings. The van der Waals surface area contributed by atoms with Crippen molar-refractivity contribution in [2.24, 2.45) is 0 Å². The van der Waals surface area contributed by atoms with Crippen molar-refractivity contribution < 1.29 is 9.53 Å². The van der Waals surface area contributed by atoms with Crippen molar-refractivity contribution in [3.8, 4) is 5.75 Å². The quantitative estimate of drug-likeness (QED) is 0.363. The van der Waals surface area contributed by atoms with E-state index < -0.39 is 0 Å². The number of aromatic nitrogens is 3. The summed E-state index contributed by atoms with van der Waals surface area (Å²) in [7, 11) is 1.54. The molecule has 2 heterocycles. The van der Waals surface area contributed by atoms with Gasteiger partial charge < -0.3 is 15.0 Å². The summed E-state index contributed by atoms with van der Waals surface area (Å²) >= 11 is 7.36. The second-order valence-corrected chi connectivity index (χ2v) is 7.66. The molecular formula is C20H17ClN4O2S. The molecule has 0 saturated heterocycles. The molecule has 0 bridgehead atoms. The van der Waals surface area contributed by atoms with Crippen LogP contribution in [0.15, 0.2) is 47.8 Å². The van der Waals surface area contributed by atoms with Gasteiger partial charge in [0.1, 0.15) is 22.6 Å². The standard InChI is InChI=1S/C20H17ClN4O2S/c1-11-3-5-14-13(7-11)18-19(25-14)20(23-10-22-18)28-9-17(26)24-15-8-12(21)4-6-16(15)27-2/h3-8,10,25H,9H2,1-2H3,(H,24,26). The number of ether oxygens (including phenoxy) is 1. The van der Waals surface area contributed by atoms with Crippen LogP contribution in [0.5, 0.6) is 5.75 Å². The van der Waals surface area contributed by atoms with Crippen LogP contribution in [0, 0.1) is 6.92 Å². The highest BCUT2D eigenvalue weighted by molar-refractivity contribution is 8.00. The lowest BCUT2D eigenvalue weighted by Crippen LogP contribution is -2.14. The van der Waals surface area contributed by atoms with Crippen molar-refractivity contribution in [2.45, 2.75) is 11.9 Å². The fourth-order valence-electron chi connectivity index (χ4n) is 2.99. The van der Waals surface area contributed by atoms with E-state index in [0.29, 0.717) is 16.5 Å². The van der Waals surface area contributed by atoms with E-state index in [0.717, 1.165) is 32.5 Å². The van der Waals surface area contributed by atoms with Crippen LogP contribution in [0.4, 0.5) is 5.69 Å². The third-order valence-electron chi connectivity index (χ3n) is 4.28. The number of carbonyl (C=O) groups excluding carboxylic acids is 1. The molecule has 4 aromatic rings. The molecule has 0 aliphatic heterocycles. The van der Waals surface area contributed by atoms with Crippen LogP contribution in [0.3, 0.4) is 0 Å². The van der Waals surface area contributed by atoms with E-state index in [2.05, 4.69) is 26.3 Å². The average Bonchev–Trinajstić information content (AvgIpc) is 3.05. The Balaban J connectivity index is 1.55. The minimum atomic E-state index is -0.177. The Labute approximate surface area is 170 Å². The molecule has 0 radical (unpaired) electrons. The largest absolute Gasteiger partial charge is 0.495 e. The SMILES string of the molecule is COc1ccc(Cl)cc1NC(=O)CSc1ncnc2c1[nH]c1ccc(C)cc12. The first kappa shape index (κ1) is 18.6. The number of hydrogen-bond donors (Lipinski definition) is 2. The molecule has 28 heavy (non-hydrogen) atoms. The summed E-state index contributed by atoms with van der Waals surface area (Å²) in [4.78, 5) is 24.5. The zero-order valence-corrected chi connectivity index (χ0v) is 16.8. The highest BCUT2D eigenvalue weighted by atomic mass is 35.5. The predicted molar refractivity (Wildman–Crippen MR) is 113 cm³/mol. The van der Waals surface area contributed by atoms with Crippen molar-refractivity contribution in [3.63, 3.8) is 0 Å². The number of H-pyrrole nitrogens is 1. The van der Waals surface area contributed by atoms with E-state index in [1.165, 1.54) is 18.1 Å². The molecule has 6 nitrogen and oxygen atoms in total. The third kappa shape index (κ3) is 3.63. The fourth-order valence-corrected chi connectivity index (χ4v) is 3.92. The van der Waals surface area contributed by atoms with Crippen molar-refractivity contribution >= 4 is 56.9 Å². The molecule has 2 aromatic heterocycles. The Bertz CT molecular complexity index is 1190. The van der Waals surface area contributed by atoms with Crippen LogP contribution >= 0.6 is 23.4 Å². The fraction of sp³-hybridized carbons (Fsp3) is 0.150. The van der Waals surface area contributed by atoms with Gasteiger partial charge in [0.25, 0.3) is 0 Å². The van der Waals surface area contributed by atoms with Crippen LogP contribution < -0.4 is 10.1 Å². The number of benzene rings is 2. The molecule has 1 amide bonds. The van der Waals surface area contributed by atoms with Crippen LogP contribution in [0.2, 0.25) is 5.02 Å². The third-order valence-corrected chi connectivity index (χ3v) is 5.50. The normalized spacial score (nSPS) is 11.1. The number of halogens is 1. The number of aromatic amines is 1. The number of hydrogen-bond acceptors (Lipinski definition) is 5. The second kappa shape index (κ2) is 7.69. The molecule has 0 aliphatic rings. The minimum absolute atomic E-state index is 0.177. The molecule has 0 atom stereocenters. The zero-order valence-electron chi connectivity index (χ0n) is 15.2.